The summed E-state index contributed by atoms with van der Waals surface area (Å²) in [5, 5.41) is 2.91. The Morgan fingerprint density at radius 3 is 2.83 bits per heavy atom. The summed E-state index contributed by atoms with van der Waals surface area (Å²) in [6, 6.07) is 7.34. The SMILES string of the molecule is CCOc1ccccc1C(=O)Cc1csc(C)n1. The number of Topliss-reactive ketones (excluding diaryl/α,β-unsaturated/α-hetero) is 1. The van der Waals surface area contributed by atoms with Crippen LogP contribution in [0.2, 0.25) is 0 Å². The van der Waals surface area contributed by atoms with Crippen molar-refractivity contribution >= 4 is 17.1 Å². The van der Waals surface area contributed by atoms with Crippen LogP contribution >= 0.6 is 11.3 Å². The Morgan fingerprint density at radius 2 is 2.17 bits per heavy atom. The van der Waals surface area contributed by atoms with Crippen LogP contribution < -0.4 is 4.74 Å². The van der Waals surface area contributed by atoms with Crippen molar-refractivity contribution in [3.05, 3.63) is 45.9 Å². The second-order valence-corrected chi connectivity index (χ2v) is 4.95. The van der Waals surface area contributed by atoms with Crippen LogP contribution in [-0.2, 0) is 6.42 Å². The molecule has 18 heavy (non-hydrogen) atoms. The lowest BCUT2D eigenvalue weighted by Crippen LogP contribution is -2.07. The first-order valence-electron chi connectivity index (χ1n) is 5.86. The molecule has 0 amide bonds. The van der Waals surface area contributed by atoms with Gasteiger partial charge in [-0.05, 0) is 26.0 Å². The van der Waals surface area contributed by atoms with Crippen LogP contribution in [0.4, 0.5) is 0 Å². The van der Waals surface area contributed by atoms with Gasteiger partial charge in [0.25, 0.3) is 0 Å². The predicted molar refractivity (Wildman–Crippen MR) is 72.5 cm³/mol. The predicted octanol–water partition coefficient (Wildman–Crippen LogP) is 3.28. The first kappa shape index (κ1) is 12.8. The van der Waals surface area contributed by atoms with Gasteiger partial charge < -0.3 is 4.74 Å². The maximum Gasteiger partial charge on any atom is 0.172 e. The summed E-state index contributed by atoms with van der Waals surface area (Å²) in [6.07, 6.45) is 0.328. The summed E-state index contributed by atoms with van der Waals surface area (Å²) in [4.78, 5) is 16.5. The smallest absolute Gasteiger partial charge is 0.172 e. The molecule has 1 heterocycles. The third-order valence-electron chi connectivity index (χ3n) is 2.50. The fourth-order valence-corrected chi connectivity index (χ4v) is 2.34. The van der Waals surface area contributed by atoms with Gasteiger partial charge >= 0.3 is 0 Å². The van der Waals surface area contributed by atoms with Crippen molar-refractivity contribution in [2.24, 2.45) is 0 Å². The molecule has 0 aliphatic carbocycles. The van der Waals surface area contributed by atoms with Gasteiger partial charge in [0, 0.05) is 5.38 Å². The minimum Gasteiger partial charge on any atom is -0.493 e. The topological polar surface area (TPSA) is 39.2 Å². The average molecular weight is 261 g/mol. The van der Waals surface area contributed by atoms with Crippen molar-refractivity contribution in [1.29, 1.82) is 0 Å². The van der Waals surface area contributed by atoms with E-state index in [1.165, 1.54) is 0 Å². The molecule has 0 aliphatic rings. The molecule has 94 valence electrons. The Kier molecular flexibility index (Phi) is 4.10. The molecule has 4 heteroatoms. The maximum atomic E-state index is 12.2. The van der Waals surface area contributed by atoms with Crippen LogP contribution in [0.1, 0.15) is 28.0 Å². The van der Waals surface area contributed by atoms with E-state index in [1.807, 2.05) is 37.4 Å². The third-order valence-corrected chi connectivity index (χ3v) is 3.32. The van der Waals surface area contributed by atoms with E-state index in [2.05, 4.69) is 4.98 Å². The summed E-state index contributed by atoms with van der Waals surface area (Å²) in [5.74, 6) is 0.696. The molecule has 0 fully saturated rings. The lowest BCUT2D eigenvalue weighted by molar-refractivity contribution is 0.0988. The number of nitrogens with zero attached hydrogens (tertiary/aromatic N) is 1. The number of aromatic nitrogens is 1. The second-order valence-electron chi connectivity index (χ2n) is 3.89. The van der Waals surface area contributed by atoms with E-state index in [1.54, 1.807) is 17.4 Å². The van der Waals surface area contributed by atoms with Crippen LogP contribution in [-0.4, -0.2) is 17.4 Å². The van der Waals surface area contributed by atoms with Gasteiger partial charge in [0.15, 0.2) is 5.78 Å². The van der Waals surface area contributed by atoms with E-state index in [0.29, 0.717) is 24.3 Å². The fourth-order valence-electron chi connectivity index (χ4n) is 1.73. The monoisotopic (exact) mass is 261 g/mol. The summed E-state index contributed by atoms with van der Waals surface area (Å²) in [7, 11) is 0. The molecule has 1 aromatic carbocycles. The molecule has 1 aromatic heterocycles. The minimum absolute atomic E-state index is 0.0457. The largest absolute Gasteiger partial charge is 0.493 e. The van der Waals surface area contributed by atoms with Gasteiger partial charge in [0.1, 0.15) is 5.75 Å². The zero-order valence-corrected chi connectivity index (χ0v) is 11.3. The van der Waals surface area contributed by atoms with Crippen molar-refractivity contribution in [1.82, 2.24) is 4.98 Å². The van der Waals surface area contributed by atoms with Crippen molar-refractivity contribution in [2.45, 2.75) is 20.3 Å². The van der Waals surface area contributed by atoms with E-state index < -0.39 is 0 Å². The Bertz CT molecular complexity index is 548. The molecule has 0 radical (unpaired) electrons. The van der Waals surface area contributed by atoms with Gasteiger partial charge in [-0.15, -0.1) is 11.3 Å². The number of ether oxygens (including phenoxy) is 1. The quantitative estimate of drug-likeness (QED) is 0.775. The molecular formula is C14H15NO2S. The molecule has 3 nitrogen and oxygen atoms in total. The molecule has 0 spiro atoms. The Morgan fingerprint density at radius 1 is 1.39 bits per heavy atom. The number of thiazole rings is 1. The average Bonchev–Trinajstić information content (AvgIpc) is 2.76. The standard InChI is InChI=1S/C14H15NO2S/c1-3-17-14-7-5-4-6-12(14)13(16)8-11-9-18-10(2)15-11/h4-7,9H,3,8H2,1-2H3. The van der Waals surface area contributed by atoms with E-state index in [-0.39, 0.29) is 5.78 Å². The van der Waals surface area contributed by atoms with Gasteiger partial charge in [-0.2, -0.15) is 0 Å². The molecule has 0 aliphatic heterocycles. The van der Waals surface area contributed by atoms with Crippen LogP contribution in [0.15, 0.2) is 29.6 Å². The molecule has 0 N–H and O–H groups in total. The van der Waals surface area contributed by atoms with Crippen LogP contribution in [0.3, 0.4) is 0 Å². The molecule has 0 bridgehead atoms. The highest BCUT2D eigenvalue weighted by Crippen LogP contribution is 2.20. The third kappa shape index (κ3) is 2.96. The molecular weight excluding hydrogens is 246 g/mol. The number of para-hydroxylation sites is 1. The fraction of sp³-hybridized carbons (Fsp3) is 0.286. The highest BCUT2D eigenvalue weighted by atomic mass is 32.1. The van der Waals surface area contributed by atoms with E-state index in [0.717, 1.165) is 10.7 Å². The Balaban J connectivity index is 2.18. The number of carbonyl (C=O) groups is 1. The van der Waals surface area contributed by atoms with Gasteiger partial charge in [0.05, 0.1) is 29.3 Å². The normalized spacial score (nSPS) is 10.3. The molecule has 0 saturated carbocycles. The summed E-state index contributed by atoms with van der Waals surface area (Å²) < 4.78 is 5.46. The molecule has 2 rings (SSSR count). The minimum atomic E-state index is 0.0457. The highest BCUT2D eigenvalue weighted by Gasteiger charge is 2.13. The highest BCUT2D eigenvalue weighted by molar-refractivity contribution is 7.09. The summed E-state index contributed by atoms with van der Waals surface area (Å²) in [6.45, 7) is 4.40. The number of hydrogen-bond acceptors (Lipinski definition) is 4. The van der Waals surface area contributed by atoms with Crippen molar-refractivity contribution in [2.75, 3.05) is 6.61 Å². The van der Waals surface area contributed by atoms with E-state index in [4.69, 9.17) is 4.74 Å². The van der Waals surface area contributed by atoms with Crippen LogP contribution in [0, 0.1) is 6.92 Å². The zero-order valence-electron chi connectivity index (χ0n) is 10.5. The van der Waals surface area contributed by atoms with Crippen molar-refractivity contribution in [3.63, 3.8) is 0 Å². The van der Waals surface area contributed by atoms with Gasteiger partial charge in [-0.1, -0.05) is 12.1 Å². The van der Waals surface area contributed by atoms with Crippen LogP contribution in [0.25, 0.3) is 0 Å². The molecule has 2 aromatic rings. The summed E-state index contributed by atoms with van der Waals surface area (Å²) >= 11 is 1.56. The van der Waals surface area contributed by atoms with E-state index >= 15 is 0 Å². The lowest BCUT2D eigenvalue weighted by Gasteiger charge is -2.08. The van der Waals surface area contributed by atoms with Crippen molar-refractivity contribution in [3.8, 4) is 5.75 Å². The molecule has 0 atom stereocenters. The maximum absolute atomic E-state index is 12.2. The first-order chi connectivity index (χ1) is 8.70. The lowest BCUT2D eigenvalue weighted by atomic mass is 10.1. The summed E-state index contributed by atoms with van der Waals surface area (Å²) in [5.41, 5.74) is 1.46. The number of hydrogen-bond donors (Lipinski definition) is 0. The van der Waals surface area contributed by atoms with Gasteiger partial charge in [0.2, 0.25) is 0 Å². The van der Waals surface area contributed by atoms with Crippen LogP contribution in [0.5, 0.6) is 5.75 Å². The second kappa shape index (κ2) is 5.78. The Labute approximate surface area is 110 Å². The van der Waals surface area contributed by atoms with E-state index in [9.17, 15) is 4.79 Å². The molecule has 0 unspecified atom stereocenters. The van der Waals surface area contributed by atoms with Crippen molar-refractivity contribution < 1.29 is 9.53 Å². The Hall–Kier alpha value is -1.68. The number of benzene rings is 1. The van der Waals surface area contributed by atoms with Gasteiger partial charge in [-0.3, -0.25) is 4.79 Å². The first-order valence-corrected chi connectivity index (χ1v) is 6.74. The number of carbonyl (C=O) groups excluding carboxylic acids is 1. The number of aryl methyl sites for hydroxylation is 1. The number of rotatable bonds is 5. The number of ketones is 1. The van der Waals surface area contributed by atoms with Gasteiger partial charge in [-0.25, -0.2) is 4.98 Å². The molecule has 0 saturated heterocycles. The zero-order chi connectivity index (χ0) is 13.0.